The first-order chi connectivity index (χ1) is 12.1. The molecule has 1 aromatic carbocycles. The smallest absolute Gasteiger partial charge is 0.254 e. The zero-order valence-electron chi connectivity index (χ0n) is 15.2. The molecule has 3 heterocycles. The molecule has 1 aliphatic heterocycles. The van der Waals surface area contributed by atoms with Gasteiger partial charge in [-0.2, -0.15) is 14.6 Å². The molecule has 2 atom stereocenters. The number of hydrogen-bond donors (Lipinski definition) is 0. The second-order valence-corrected chi connectivity index (χ2v) is 7.48. The van der Waals surface area contributed by atoms with E-state index in [1.807, 2.05) is 4.52 Å². The van der Waals surface area contributed by atoms with Gasteiger partial charge >= 0.3 is 0 Å². The van der Waals surface area contributed by atoms with Crippen molar-refractivity contribution in [2.75, 3.05) is 18.0 Å². The van der Waals surface area contributed by atoms with Crippen molar-refractivity contribution in [1.82, 2.24) is 19.6 Å². The number of anilines is 1. The van der Waals surface area contributed by atoms with E-state index in [2.05, 4.69) is 71.1 Å². The Bertz CT molecular complexity index is 860. The molecule has 4 rings (SSSR count). The van der Waals surface area contributed by atoms with Gasteiger partial charge in [0.05, 0.1) is 0 Å². The Balaban J connectivity index is 1.84. The summed E-state index contributed by atoms with van der Waals surface area (Å²) in [6, 6.07) is 10.6. The molecule has 5 nitrogen and oxygen atoms in total. The molecule has 0 aliphatic carbocycles. The minimum absolute atomic E-state index is 0.681. The lowest BCUT2D eigenvalue weighted by Crippen LogP contribution is -2.40. The van der Waals surface area contributed by atoms with Crippen molar-refractivity contribution in [2.24, 2.45) is 11.8 Å². The zero-order chi connectivity index (χ0) is 17.4. The van der Waals surface area contributed by atoms with Gasteiger partial charge in [0.15, 0.2) is 0 Å². The van der Waals surface area contributed by atoms with Crippen LogP contribution in [-0.2, 0) is 6.42 Å². The molecule has 0 amide bonds. The number of fused-ring (bicyclic) bond motifs is 1. The third-order valence-corrected chi connectivity index (χ3v) is 5.10. The van der Waals surface area contributed by atoms with Crippen LogP contribution in [0.2, 0.25) is 0 Å². The maximum Gasteiger partial charge on any atom is 0.254 e. The predicted octanol–water partition coefficient (Wildman–Crippen LogP) is 3.51. The molecule has 0 N–H and O–H groups in total. The maximum atomic E-state index is 4.69. The Labute approximate surface area is 148 Å². The van der Waals surface area contributed by atoms with Crippen LogP contribution >= 0.6 is 0 Å². The maximum absolute atomic E-state index is 4.69. The van der Waals surface area contributed by atoms with E-state index in [9.17, 15) is 0 Å². The molecule has 1 saturated heterocycles. The number of aromatic nitrogens is 4. The van der Waals surface area contributed by atoms with Crippen molar-refractivity contribution in [2.45, 2.75) is 33.6 Å². The lowest BCUT2D eigenvalue weighted by atomic mass is 9.91. The van der Waals surface area contributed by atoms with Gasteiger partial charge in [0, 0.05) is 30.8 Å². The van der Waals surface area contributed by atoms with Crippen LogP contribution in [0.5, 0.6) is 0 Å². The monoisotopic (exact) mass is 335 g/mol. The minimum Gasteiger partial charge on any atom is -0.356 e. The molecular weight excluding hydrogens is 310 g/mol. The van der Waals surface area contributed by atoms with Gasteiger partial charge in [-0.25, -0.2) is 4.98 Å². The van der Waals surface area contributed by atoms with E-state index in [-0.39, 0.29) is 0 Å². The molecule has 0 spiro atoms. The number of nitrogens with zero attached hydrogens (tertiary/aromatic N) is 5. The fourth-order valence-electron chi connectivity index (χ4n) is 4.14. The number of benzene rings is 1. The summed E-state index contributed by atoms with van der Waals surface area (Å²) in [5.74, 6) is 3.22. The first-order valence-electron chi connectivity index (χ1n) is 9.10. The number of hydrogen-bond acceptors (Lipinski definition) is 4. The summed E-state index contributed by atoms with van der Waals surface area (Å²) in [5.41, 5.74) is 3.60. The molecule has 0 saturated carbocycles. The quantitative estimate of drug-likeness (QED) is 0.735. The SMILES string of the molecule is Cc1nc2ncnn2c(N2C[C@H](C)C[C@@H](C)C2)c1Cc1ccccc1. The third-order valence-electron chi connectivity index (χ3n) is 5.10. The van der Waals surface area contributed by atoms with Gasteiger partial charge in [0.25, 0.3) is 5.78 Å². The lowest BCUT2D eigenvalue weighted by Gasteiger charge is -2.37. The summed E-state index contributed by atoms with van der Waals surface area (Å²) in [6.45, 7) is 8.89. The Morgan fingerprint density at radius 3 is 2.52 bits per heavy atom. The van der Waals surface area contributed by atoms with Crippen molar-refractivity contribution in [1.29, 1.82) is 0 Å². The van der Waals surface area contributed by atoms with E-state index in [1.54, 1.807) is 6.33 Å². The summed E-state index contributed by atoms with van der Waals surface area (Å²) in [6.07, 6.45) is 3.76. The highest BCUT2D eigenvalue weighted by molar-refractivity contribution is 5.56. The Hall–Kier alpha value is -2.43. The largest absolute Gasteiger partial charge is 0.356 e. The van der Waals surface area contributed by atoms with Gasteiger partial charge in [-0.1, -0.05) is 44.2 Å². The van der Waals surface area contributed by atoms with Crippen LogP contribution in [0.1, 0.15) is 37.1 Å². The fraction of sp³-hybridized carbons (Fsp3) is 0.450. The molecular formula is C20H25N5. The second kappa shape index (κ2) is 6.47. The number of aryl methyl sites for hydroxylation is 1. The van der Waals surface area contributed by atoms with E-state index < -0.39 is 0 Å². The van der Waals surface area contributed by atoms with Crippen molar-refractivity contribution >= 4 is 11.6 Å². The lowest BCUT2D eigenvalue weighted by molar-refractivity contribution is 0.353. The van der Waals surface area contributed by atoms with Crippen LogP contribution < -0.4 is 4.90 Å². The fourth-order valence-corrected chi connectivity index (χ4v) is 4.14. The highest BCUT2D eigenvalue weighted by Gasteiger charge is 2.27. The van der Waals surface area contributed by atoms with Gasteiger partial charge < -0.3 is 4.90 Å². The Morgan fingerprint density at radius 2 is 1.80 bits per heavy atom. The highest BCUT2D eigenvalue weighted by Crippen LogP contribution is 2.31. The van der Waals surface area contributed by atoms with E-state index in [4.69, 9.17) is 0 Å². The first-order valence-corrected chi connectivity index (χ1v) is 9.10. The van der Waals surface area contributed by atoms with Crippen molar-refractivity contribution in [3.63, 3.8) is 0 Å². The Kier molecular flexibility index (Phi) is 4.15. The third kappa shape index (κ3) is 3.11. The first kappa shape index (κ1) is 16.1. The van der Waals surface area contributed by atoms with Crippen molar-refractivity contribution in [3.8, 4) is 0 Å². The van der Waals surface area contributed by atoms with Crippen molar-refractivity contribution in [3.05, 3.63) is 53.5 Å². The molecule has 1 aliphatic rings. The average Bonchev–Trinajstić information content (AvgIpc) is 3.03. The summed E-state index contributed by atoms with van der Waals surface area (Å²) in [7, 11) is 0. The summed E-state index contributed by atoms with van der Waals surface area (Å²) < 4.78 is 1.93. The normalized spacial score (nSPS) is 21.0. The number of rotatable bonds is 3. The van der Waals surface area contributed by atoms with Gasteiger partial charge in [0.2, 0.25) is 0 Å². The standard InChI is InChI=1S/C20H25N5/c1-14-9-15(2)12-24(11-14)19-18(10-17-7-5-4-6-8-17)16(3)23-20-21-13-22-25(19)20/h4-8,13-15H,9-12H2,1-3H3/t14-,15-/m1/s1. The molecule has 0 radical (unpaired) electrons. The molecule has 0 unspecified atom stereocenters. The van der Waals surface area contributed by atoms with Crippen LogP contribution in [0, 0.1) is 18.8 Å². The van der Waals surface area contributed by atoms with E-state index in [0.717, 1.165) is 25.2 Å². The number of piperidine rings is 1. The molecule has 25 heavy (non-hydrogen) atoms. The highest BCUT2D eigenvalue weighted by atomic mass is 15.4. The topological polar surface area (TPSA) is 46.3 Å². The molecule has 2 aromatic heterocycles. The van der Waals surface area contributed by atoms with Crippen LogP contribution in [0.4, 0.5) is 5.82 Å². The summed E-state index contributed by atoms with van der Waals surface area (Å²) in [5, 5.41) is 4.49. The minimum atomic E-state index is 0.681. The van der Waals surface area contributed by atoms with E-state index in [0.29, 0.717) is 17.6 Å². The van der Waals surface area contributed by atoms with Gasteiger partial charge in [-0.15, -0.1) is 0 Å². The molecule has 130 valence electrons. The molecule has 0 bridgehead atoms. The van der Waals surface area contributed by atoms with Crippen LogP contribution in [0.15, 0.2) is 36.7 Å². The molecule has 5 heteroatoms. The van der Waals surface area contributed by atoms with Crippen LogP contribution in [-0.4, -0.2) is 32.7 Å². The van der Waals surface area contributed by atoms with E-state index in [1.165, 1.54) is 23.4 Å². The summed E-state index contributed by atoms with van der Waals surface area (Å²) in [4.78, 5) is 11.5. The van der Waals surface area contributed by atoms with Crippen molar-refractivity contribution < 1.29 is 0 Å². The predicted molar refractivity (Wildman–Crippen MR) is 99.9 cm³/mol. The average molecular weight is 335 g/mol. The molecule has 3 aromatic rings. The van der Waals surface area contributed by atoms with Crippen LogP contribution in [0.3, 0.4) is 0 Å². The Morgan fingerprint density at radius 1 is 1.08 bits per heavy atom. The van der Waals surface area contributed by atoms with Crippen LogP contribution in [0.25, 0.3) is 5.78 Å². The van der Waals surface area contributed by atoms with E-state index >= 15 is 0 Å². The summed E-state index contributed by atoms with van der Waals surface area (Å²) >= 11 is 0. The second-order valence-electron chi connectivity index (χ2n) is 7.48. The van der Waals surface area contributed by atoms with Gasteiger partial charge in [-0.3, -0.25) is 0 Å². The van der Waals surface area contributed by atoms with Gasteiger partial charge in [-0.05, 0) is 30.7 Å². The van der Waals surface area contributed by atoms with Gasteiger partial charge in [0.1, 0.15) is 12.1 Å². The zero-order valence-corrected chi connectivity index (χ0v) is 15.2. The molecule has 1 fully saturated rings.